The second-order valence-corrected chi connectivity index (χ2v) is 3.25. The van der Waals surface area contributed by atoms with E-state index in [1.165, 1.54) is 10.8 Å². The summed E-state index contributed by atoms with van der Waals surface area (Å²) in [5.74, 6) is -0.149. The Balaban J connectivity index is 2.41. The predicted octanol–water partition coefficient (Wildman–Crippen LogP) is 2.34. The van der Waals surface area contributed by atoms with E-state index in [0.717, 1.165) is 0 Å². The van der Waals surface area contributed by atoms with Crippen molar-refractivity contribution in [3.63, 3.8) is 0 Å². The van der Waals surface area contributed by atoms with Gasteiger partial charge in [-0.2, -0.15) is 13.2 Å². The minimum Gasteiger partial charge on any atom is -0.332 e. The Labute approximate surface area is 84.9 Å². The summed E-state index contributed by atoms with van der Waals surface area (Å²) >= 11 is 0. The number of Topliss-reactive ketones (excluding diaryl/α,β-unsaturated/α-hetero) is 1. The Morgan fingerprint density at radius 2 is 2.20 bits per heavy atom. The van der Waals surface area contributed by atoms with Crippen molar-refractivity contribution < 1.29 is 18.0 Å². The molecule has 0 saturated heterocycles. The number of imidazole rings is 1. The van der Waals surface area contributed by atoms with E-state index in [0.29, 0.717) is 0 Å². The van der Waals surface area contributed by atoms with Crippen LogP contribution in [0.1, 0.15) is 29.9 Å². The number of carbonyl (C=O) groups is 1. The summed E-state index contributed by atoms with van der Waals surface area (Å²) in [4.78, 5) is 15.1. The Bertz CT molecular complexity index is 343. The van der Waals surface area contributed by atoms with Crippen LogP contribution in [0.5, 0.6) is 0 Å². The first-order valence-electron chi connectivity index (χ1n) is 4.47. The van der Waals surface area contributed by atoms with E-state index in [2.05, 4.69) is 4.98 Å². The molecule has 0 fully saturated rings. The molecular formula is C9H11F3N2O. The van der Waals surface area contributed by atoms with Crippen LogP contribution >= 0.6 is 0 Å². The fraction of sp³-hybridized carbons (Fsp3) is 0.556. The molecule has 0 aliphatic rings. The molecule has 0 aliphatic carbocycles. The quantitative estimate of drug-likeness (QED) is 0.730. The molecule has 0 aliphatic heterocycles. The number of aromatic nitrogens is 2. The van der Waals surface area contributed by atoms with Crippen molar-refractivity contribution >= 4 is 5.78 Å². The van der Waals surface area contributed by atoms with Crippen LogP contribution in [0, 0.1) is 0 Å². The molecule has 6 heteroatoms. The molecule has 1 rings (SSSR count). The maximum atomic E-state index is 11.8. The van der Waals surface area contributed by atoms with Crippen LogP contribution in [0.2, 0.25) is 0 Å². The molecule has 3 nitrogen and oxygen atoms in total. The third-order valence-electron chi connectivity index (χ3n) is 1.93. The zero-order valence-electron chi connectivity index (χ0n) is 8.21. The number of hydrogen-bond acceptors (Lipinski definition) is 2. The highest BCUT2D eigenvalue weighted by Crippen LogP contribution is 2.22. The van der Waals surface area contributed by atoms with Crippen LogP contribution in [0.25, 0.3) is 0 Å². The van der Waals surface area contributed by atoms with E-state index in [1.807, 2.05) is 0 Å². The lowest BCUT2D eigenvalue weighted by molar-refractivity contribution is -0.135. The van der Waals surface area contributed by atoms with Crippen molar-refractivity contribution in [1.29, 1.82) is 0 Å². The van der Waals surface area contributed by atoms with Crippen LogP contribution in [-0.2, 0) is 7.05 Å². The molecule has 1 aromatic heterocycles. The predicted molar refractivity (Wildman–Crippen MR) is 47.4 cm³/mol. The van der Waals surface area contributed by atoms with E-state index >= 15 is 0 Å². The fourth-order valence-corrected chi connectivity index (χ4v) is 1.20. The first kappa shape index (κ1) is 11.7. The average Bonchev–Trinajstić information content (AvgIpc) is 2.48. The molecule has 0 bridgehead atoms. The zero-order chi connectivity index (χ0) is 11.5. The Morgan fingerprint density at radius 3 is 2.67 bits per heavy atom. The Kier molecular flexibility index (Phi) is 3.49. The molecule has 0 aromatic carbocycles. The fourth-order valence-electron chi connectivity index (χ4n) is 1.20. The lowest BCUT2D eigenvalue weighted by Gasteiger charge is -2.05. The third-order valence-corrected chi connectivity index (χ3v) is 1.93. The van der Waals surface area contributed by atoms with Crippen LogP contribution in [0.3, 0.4) is 0 Å². The molecule has 0 saturated carbocycles. The van der Waals surface area contributed by atoms with Gasteiger partial charge in [0, 0.05) is 32.3 Å². The second-order valence-electron chi connectivity index (χ2n) is 3.25. The van der Waals surface area contributed by atoms with E-state index in [9.17, 15) is 18.0 Å². The molecule has 0 atom stereocenters. The van der Waals surface area contributed by atoms with E-state index < -0.39 is 12.6 Å². The maximum Gasteiger partial charge on any atom is 0.389 e. The van der Waals surface area contributed by atoms with Crippen molar-refractivity contribution in [3.8, 4) is 0 Å². The van der Waals surface area contributed by atoms with Crippen LogP contribution in [0.15, 0.2) is 12.4 Å². The number of aryl methyl sites for hydroxylation is 1. The second kappa shape index (κ2) is 4.46. The van der Waals surface area contributed by atoms with Crippen LogP contribution in [0.4, 0.5) is 13.2 Å². The molecule has 1 aromatic rings. The highest BCUT2D eigenvalue weighted by Gasteiger charge is 2.26. The summed E-state index contributed by atoms with van der Waals surface area (Å²) in [5.41, 5.74) is 0. The van der Waals surface area contributed by atoms with Crippen LogP contribution < -0.4 is 0 Å². The standard InChI is InChI=1S/C9H11F3N2O/c1-14-6-5-13-8(14)7(15)3-2-4-9(10,11)12/h5-6H,2-4H2,1H3. The molecule has 0 unspecified atom stereocenters. The Hall–Kier alpha value is -1.33. The topological polar surface area (TPSA) is 34.9 Å². The molecule has 0 radical (unpaired) electrons. The SMILES string of the molecule is Cn1ccnc1C(=O)CCCC(F)(F)F. The number of hydrogen-bond donors (Lipinski definition) is 0. The zero-order valence-corrected chi connectivity index (χ0v) is 8.21. The normalized spacial score (nSPS) is 11.7. The monoisotopic (exact) mass is 220 g/mol. The molecular weight excluding hydrogens is 209 g/mol. The molecule has 0 N–H and O–H groups in total. The molecule has 0 amide bonds. The van der Waals surface area contributed by atoms with Crippen molar-refractivity contribution in [3.05, 3.63) is 18.2 Å². The molecule has 1 heterocycles. The van der Waals surface area contributed by atoms with Gasteiger partial charge in [-0.15, -0.1) is 0 Å². The lowest BCUT2D eigenvalue weighted by atomic mass is 10.1. The number of rotatable bonds is 4. The summed E-state index contributed by atoms with van der Waals surface area (Å²) in [6.07, 6.45) is -2.40. The van der Waals surface area contributed by atoms with Gasteiger partial charge in [0.15, 0.2) is 11.6 Å². The highest BCUT2D eigenvalue weighted by molar-refractivity contribution is 5.92. The third kappa shape index (κ3) is 3.73. The number of nitrogens with zero attached hydrogens (tertiary/aromatic N) is 2. The molecule has 15 heavy (non-hydrogen) atoms. The van der Waals surface area contributed by atoms with Crippen molar-refractivity contribution in [1.82, 2.24) is 9.55 Å². The number of alkyl halides is 3. The first-order valence-corrected chi connectivity index (χ1v) is 4.47. The largest absolute Gasteiger partial charge is 0.389 e. The van der Waals surface area contributed by atoms with E-state index in [1.54, 1.807) is 13.2 Å². The number of halogens is 3. The highest BCUT2D eigenvalue weighted by atomic mass is 19.4. The minimum absolute atomic E-state index is 0.121. The number of ketones is 1. The van der Waals surface area contributed by atoms with Gasteiger partial charge in [0.25, 0.3) is 0 Å². The van der Waals surface area contributed by atoms with E-state index in [4.69, 9.17) is 0 Å². The summed E-state index contributed by atoms with van der Waals surface area (Å²) in [7, 11) is 1.63. The van der Waals surface area contributed by atoms with Gasteiger partial charge in [0.1, 0.15) is 0 Å². The van der Waals surface area contributed by atoms with Crippen LogP contribution in [-0.4, -0.2) is 21.5 Å². The van der Waals surface area contributed by atoms with Crippen molar-refractivity contribution in [2.45, 2.75) is 25.4 Å². The maximum absolute atomic E-state index is 11.8. The van der Waals surface area contributed by atoms with Gasteiger partial charge >= 0.3 is 6.18 Å². The van der Waals surface area contributed by atoms with Gasteiger partial charge < -0.3 is 4.57 Å². The van der Waals surface area contributed by atoms with Gasteiger partial charge in [0.05, 0.1) is 0 Å². The van der Waals surface area contributed by atoms with Gasteiger partial charge in [-0.3, -0.25) is 4.79 Å². The first-order chi connectivity index (χ1) is 6.90. The van der Waals surface area contributed by atoms with E-state index in [-0.39, 0.29) is 24.4 Å². The summed E-state index contributed by atoms with van der Waals surface area (Å²) in [6.45, 7) is 0. The number of carbonyl (C=O) groups excluding carboxylic acids is 1. The Morgan fingerprint density at radius 1 is 1.53 bits per heavy atom. The summed E-state index contributed by atoms with van der Waals surface area (Å²) in [6, 6.07) is 0. The smallest absolute Gasteiger partial charge is 0.332 e. The van der Waals surface area contributed by atoms with Gasteiger partial charge in [-0.25, -0.2) is 4.98 Å². The van der Waals surface area contributed by atoms with Crippen molar-refractivity contribution in [2.75, 3.05) is 0 Å². The average molecular weight is 220 g/mol. The van der Waals surface area contributed by atoms with Gasteiger partial charge in [-0.05, 0) is 6.42 Å². The molecule has 0 spiro atoms. The van der Waals surface area contributed by atoms with Gasteiger partial charge in [-0.1, -0.05) is 0 Å². The summed E-state index contributed by atoms with van der Waals surface area (Å²) in [5, 5.41) is 0. The van der Waals surface area contributed by atoms with Crippen molar-refractivity contribution in [2.24, 2.45) is 7.05 Å². The molecule has 84 valence electrons. The van der Waals surface area contributed by atoms with Gasteiger partial charge in [0.2, 0.25) is 0 Å². The summed E-state index contributed by atoms with van der Waals surface area (Å²) < 4.78 is 36.9. The lowest BCUT2D eigenvalue weighted by Crippen LogP contribution is -2.11. The minimum atomic E-state index is -4.19.